The van der Waals surface area contributed by atoms with Crippen molar-refractivity contribution in [1.29, 1.82) is 0 Å². The molecule has 1 aliphatic heterocycles. The maximum Gasteiger partial charge on any atom is 0.339 e. The van der Waals surface area contributed by atoms with Crippen molar-refractivity contribution >= 4 is 5.97 Å². The largest absolute Gasteiger partial charge is 0.508 e. The van der Waals surface area contributed by atoms with Crippen molar-refractivity contribution in [1.82, 2.24) is 0 Å². The van der Waals surface area contributed by atoms with Crippen molar-refractivity contribution in [3.63, 3.8) is 0 Å². The Morgan fingerprint density at radius 2 is 2.16 bits per heavy atom. The third-order valence-electron chi connectivity index (χ3n) is 3.79. The number of allylic oxidation sites excluding steroid dienone is 4. The van der Waals surface area contributed by atoms with E-state index in [-0.39, 0.29) is 23.8 Å². The molecule has 2 aliphatic carbocycles. The molecule has 0 aromatic carbocycles. The Labute approximate surface area is 112 Å². The number of hydrogen-bond acceptors (Lipinski definition) is 3. The van der Waals surface area contributed by atoms with Crippen molar-refractivity contribution in [3.05, 3.63) is 58.9 Å². The van der Waals surface area contributed by atoms with Crippen LogP contribution in [0.4, 0.5) is 0 Å². The van der Waals surface area contributed by atoms with Crippen LogP contribution >= 0.6 is 0 Å². The molecular formula is C16H16O3. The summed E-state index contributed by atoms with van der Waals surface area (Å²) in [6, 6.07) is 0. The molecule has 0 amide bonds. The predicted octanol–water partition coefficient (Wildman–Crippen LogP) is 3.13. The van der Waals surface area contributed by atoms with Gasteiger partial charge in [0.15, 0.2) is 0 Å². The second-order valence-electron chi connectivity index (χ2n) is 5.04. The van der Waals surface area contributed by atoms with E-state index in [2.05, 4.69) is 12.2 Å². The first-order valence-corrected chi connectivity index (χ1v) is 6.54. The fraction of sp³-hybridized carbons (Fsp3) is 0.312. The zero-order chi connectivity index (χ0) is 13.4. The van der Waals surface area contributed by atoms with Crippen molar-refractivity contribution in [3.8, 4) is 0 Å². The molecule has 0 fully saturated rings. The molecule has 0 aromatic heterocycles. The third-order valence-corrected chi connectivity index (χ3v) is 3.79. The number of carbonyl (C=O) groups is 1. The average molecular weight is 256 g/mol. The highest BCUT2D eigenvalue weighted by Crippen LogP contribution is 2.36. The van der Waals surface area contributed by atoms with E-state index in [1.165, 1.54) is 0 Å². The van der Waals surface area contributed by atoms with Gasteiger partial charge in [0, 0.05) is 5.92 Å². The van der Waals surface area contributed by atoms with Gasteiger partial charge >= 0.3 is 5.97 Å². The molecule has 0 aromatic rings. The van der Waals surface area contributed by atoms with Gasteiger partial charge in [-0.25, -0.2) is 4.79 Å². The lowest BCUT2D eigenvalue weighted by Crippen LogP contribution is -2.34. The standard InChI is InChI=1S/C16H16O3/c1-10-13-8-7-12(17)9-14(13)19-16(18)15(10)11-5-3-2-4-6-11/h3,5-9,13-14,17H,2,4H2,1H3. The van der Waals surface area contributed by atoms with E-state index in [0.717, 1.165) is 24.0 Å². The van der Waals surface area contributed by atoms with E-state index >= 15 is 0 Å². The van der Waals surface area contributed by atoms with Crippen LogP contribution in [0.5, 0.6) is 0 Å². The SMILES string of the molecule is CC1=C(C2=CCCC=C2)C(=O)OC2C=C(O)C=CC12. The van der Waals surface area contributed by atoms with Gasteiger partial charge in [0.2, 0.25) is 0 Å². The van der Waals surface area contributed by atoms with Crippen LogP contribution < -0.4 is 0 Å². The maximum atomic E-state index is 12.2. The van der Waals surface area contributed by atoms with Crippen molar-refractivity contribution in [2.75, 3.05) is 0 Å². The number of aliphatic hydroxyl groups excluding tert-OH is 1. The van der Waals surface area contributed by atoms with Gasteiger partial charge in [-0.05, 0) is 43.1 Å². The zero-order valence-corrected chi connectivity index (χ0v) is 10.8. The summed E-state index contributed by atoms with van der Waals surface area (Å²) in [5.74, 6) is -0.113. The Hall–Kier alpha value is -2.03. The molecule has 0 radical (unpaired) electrons. The normalized spacial score (nSPS) is 29.6. The lowest BCUT2D eigenvalue weighted by molar-refractivity contribution is -0.144. The molecule has 3 aliphatic rings. The molecule has 3 heteroatoms. The highest BCUT2D eigenvalue weighted by molar-refractivity contribution is 5.96. The quantitative estimate of drug-likeness (QED) is 0.733. The smallest absolute Gasteiger partial charge is 0.339 e. The van der Waals surface area contributed by atoms with Gasteiger partial charge in [-0.1, -0.05) is 24.3 Å². The minimum atomic E-state index is -0.380. The number of ether oxygens (including phenoxy) is 1. The van der Waals surface area contributed by atoms with Crippen LogP contribution in [0.2, 0.25) is 0 Å². The molecule has 0 saturated heterocycles. The van der Waals surface area contributed by atoms with Crippen LogP contribution in [0.15, 0.2) is 58.9 Å². The van der Waals surface area contributed by atoms with Gasteiger partial charge in [-0.3, -0.25) is 0 Å². The summed E-state index contributed by atoms with van der Waals surface area (Å²) in [5, 5.41) is 9.48. The van der Waals surface area contributed by atoms with E-state index in [1.54, 1.807) is 12.2 Å². The Bertz CT molecular complexity index is 573. The first-order valence-electron chi connectivity index (χ1n) is 6.54. The molecule has 0 spiro atoms. The van der Waals surface area contributed by atoms with E-state index in [1.807, 2.05) is 19.1 Å². The molecule has 0 saturated carbocycles. The Balaban J connectivity index is 2.02. The van der Waals surface area contributed by atoms with Crippen LogP contribution in [0.3, 0.4) is 0 Å². The lowest BCUT2D eigenvalue weighted by atomic mass is 9.82. The number of rotatable bonds is 1. The topological polar surface area (TPSA) is 46.5 Å². The molecule has 1 heterocycles. The van der Waals surface area contributed by atoms with Crippen molar-refractivity contribution in [2.45, 2.75) is 25.9 Å². The minimum Gasteiger partial charge on any atom is -0.508 e. The number of hydrogen-bond donors (Lipinski definition) is 1. The summed E-state index contributed by atoms with van der Waals surface area (Å²) in [6.45, 7) is 1.97. The van der Waals surface area contributed by atoms with E-state index in [4.69, 9.17) is 4.74 Å². The van der Waals surface area contributed by atoms with Crippen molar-refractivity contribution < 1.29 is 14.6 Å². The van der Waals surface area contributed by atoms with Gasteiger partial charge in [-0.15, -0.1) is 0 Å². The van der Waals surface area contributed by atoms with Crippen LogP contribution in [0, 0.1) is 5.92 Å². The molecule has 2 atom stereocenters. The molecule has 0 bridgehead atoms. The Morgan fingerprint density at radius 3 is 2.89 bits per heavy atom. The molecule has 2 unspecified atom stereocenters. The molecular weight excluding hydrogens is 240 g/mol. The summed E-state index contributed by atoms with van der Waals surface area (Å²) >= 11 is 0. The number of aliphatic hydroxyl groups is 1. The van der Waals surface area contributed by atoms with Crippen LogP contribution in [0.1, 0.15) is 19.8 Å². The van der Waals surface area contributed by atoms with E-state index in [9.17, 15) is 9.90 Å². The fourth-order valence-corrected chi connectivity index (χ4v) is 2.79. The lowest BCUT2D eigenvalue weighted by Gasteiger charge is -2.32. The van der Waals surface area contributed by atoms with Crippen LogP contribution in [-0.2, 0) is 9.53 Å². The summed E-state index contributed by atoms with van der Waals surface area (Å²) in [6.07, 6.45) is 12.9. The van der Waals surface area contributed by atoms with E-state index < -0.39 is 0 Å². The summed E-state index contributed by atoms with van der Waals surface area (Å²) < 4.78 is 5.44. The zero-order valence-electron chi connectivity index (χ0n) is 10.8. The van der Waals surface area contributed by atoms with Crippen LogP contribution in [0.25, 0.3) is 0 Å². The first-order chi connectivity index (χ1) is 9.16. The molecule has 3 rings (SSSR count). The van der Waals surface area contributed by atoms with Gasteiger partial charge in [-0.2, -0.15) is 0 Å². The second kappa shape index (κ2) is 4.57. The molecule has 3 nitrogen and oxygen atoms in total. The minimum absolute atomic E-state index is 0.0276. The molecule has 19 heavy (non-hydrogen) atoms. The summed E-state index contributed by atoms with van der Waals surface area (Å²) in [7, 11) is 0. The molecule has 1 N–H and O–H groups in total. The highest BCUT2D eigenvalue weighted by atomic mass is 16.5. The maximum absolute atomic E-state index is 12.2. The predicted molar refractivity (Wildman–Crippen MR) is 72.4 cm³/mol. The van der Waals surface area contributed by atoms with Gasteiger partial charge in [0.1, 0.15) is 11.9 Å². The first kappa shape index (κ1) is 12.0. The number of fused-ring (bicyclic) bond motifs is 1. The summed E-state index contributed by atoms with van der Waals surface area (Å²) in [4.78, 5) is 12.2. The Morgan fingerprint density at radius 1 is 1.32 bits per heavy atom. The van der Waals surface area contributed by atoms with Crippen molar-refractivity contribution in [2.24, 2.45) is 5.92 Å². The summed E-state index contributed by atoms with van der Waals surface area (Å²) in [5.41, 5.74) is 2.65. The second-order valence-corrected chi connectivity index (χ2v) is 5.04. The highest BCUT2D eigenvalue weighted by Gasteiger charge is 2.35. The average Bonchev–Trinajstić information content (AvgIpc) is 2.39. The monoisotopic (exact) mass is 256 g/mol. The Kier molecular flexibility index (Phi) is 2.90. The number of esters is 1. The van der Waals surface area contributed by atoms with Gasteiger partial charge in [0.25, 0.3) is 0 Å². The number of carbonyl (C=O) groups excluding carboxylic acids is 1. The van der Waals surface area contributed by atoms with Gasteiger partial charge < -0.3 is 9.84 Å². The van der Waals surface area contributed by atoms with Crippen LogP contribution in [-0.4, -0.2) is 17.2 Å². The van der Waals surface area contributed by atoms with Gasteiger partial charge in [0.05, 0.1) is 5.57 Å². The third kappa shape index (κ3) is 2.05. The fourth-order valence-electron chi connectivity index (χ4n) is 2.79. The van der Waals surface area contributed by atoms with E-state index in [0.29, 0.717) is 5.57 Å². The molecule has 98 valence electrons.